The quantitative estimate of drug-likeness (QED) is 0.0626. The summed E-state index contributed by atoms with van der Waals surface area (Å²) < 4.78 is 0. The SMILES string of the molecule is C.CCCCCCCCCCCCCC[NH2+]CCCC[NH+](CCCCCCCCCCCCCC)CC(O)C[NH3+]. The van der Waals surface area contributed by atoms with Gasteiger partial charge in [-0.15, -0.1) is 0 Å². The molecule has 0 fully saturated rings. The van der Waals surface area contributed by atoms with Crippen LogP contribution in [0.3, 0.4) is 0 Å². The van der Waals surface area contributed by atoms with Gasteiger partial charge in [-0.1, -0.05) is 150 Å². The van der Waals surface area contributed by atoms with Crippen LogP contribution in [0, 0.1) is 0 Å². The lowest BCUT2D eigenvalue weighted by atomic mass is 10.1. The topological polar surface area (TPSA) is 68.9 Å². The van der Waals surface area contributed by atoms with Crippen molar-refractivity contribution in [3.63, 3.8) is 0 Å². The number of unbranched alkanes of at least 4 members (excludes halogenated alkanes) is 23. The maximum Gasteiger partial charge on any atom is 0.151 e. The Hall–Kier alpha value is -0.160. The van der Waals surface area contributed by atoms with Gasteiger partial charge in [0.25, 0.3) is 0 Å². The van der Waals surface area contributed by atoms with Crippen molar-refractivity contribution in [2.45, 2.75) is 194 Å². The Labute approximate surface area is 254 Å². The number of aliphatic hydroxyl groups is 1. The average Bonchev–Trinajstić information content (AvgIpc) is 2.94. The molecule has 0 heterocycles. The van der Waals surface area contributed by atoms with E-state index in [1.807, 2.05) is 0 Å². The van der Waals surface area contributed by atoms with Crippen LogP contribution in [-0.4, -0.2) is 50.5 Å². The molecule has 4 nitrogen and oxygen atoms in total. The third-order valence-electron chi connectivity index (χ3n) is 8.69. The molecule has 2 atom stereocenters. The van der Waals surface area contributed by atoms with E-state index in [2.05, 4.69) is 24.9 Å². The highest BCUT2D eigenvalue weighted by molar-refractivity contribution is 4.51. The van der Waals surface area contributed by atoms with Gasteiger partial charge in [-0.25, -0.2) is 0 Å². The second kappa shape index (κ2) is 36.9. The second-order valence-corrected chi connectivity index (χ2v) is 12.7. The molecular formula is C36H82N3O+3. The van der Waals surface area contributed by atoms with Crippen molar-refractivity contribution < 1.29 is 21.1 Å². The van der Waals surface area contributed by atoms with Gasteiger partial charge in [0.05, 0.1) is 26.2 Å². The molecule has 7 N–H and O–H groups in total. The predicted molar refractivity (Wildman–Crippen MR) is 179 cm³/mol. The molecule has 0 aliphatic heterocycles. The molecule has 0 saturated carbocycles. The van der Waals surface area contributed by atoms with Crippen LogP contribution in [0.4, 0.5) is 0 Å². The van der Waals surface area contributed by atoms with Crippen LogP contribution >= 0.6 is 0 Å². The fraction of sp³-hybridized carbons (Fsp3) is 1.00. The molecule has 0 rings (SSSR count). The van der Waals surface area contributed by atoms with Gasteiger partial charge < -0.3 is 21.1 Å². The Bertz CT molecular complexity index is 434. The van der Waals surface area contributed by atoms with Crippen molar-refractivity contribution in [1.29, 1.82) is 0 Å². The van der Waals surface area contributed by atoms with Crippen LogP contribution in [0.2, 0.25) is 0 Å². The highest BCUT2D eigenvalue weighted by Crippen LogP contribution is 2.12. The van der Waals surface area contributed by atoms with Crippen molar-refractivity contribution in [3.8, 4) is 0 Å². The summed E-state index contributed by atoms with van der Waals surface area (Å²) in [5.74, 6) is 0. The number of hydrogen-bond acceptors (Lipinski definition) is 1. The van der Waals surface area contributed by atoms with Crippen molar-refractivity contribution in [2.24, 2.45) is 0 Å². The summed E-state index contributed by atoms with van der Waals surface area (Å²) in [5, 5.41) is 12.7. The zero-order valence-corrected chi connectivity index (χ0v) is 27.4. The zero-order chi connectivity index (χ0) is 28.5. The minimum Gasteiger partial charge on any atom is -0.382 e. The van der Waals surface area contributed by atoms with Gasteiger partial charge in [0, 0.05) is 12.8 Å². The summed E-state index contributed by atoms with van der Waals surface area (Å²) in [6.07, 6.45) is 36.6. The Morgan fingerprint density at radius 2 is 0.800 bits per heavy atom. The summed E-state index contributed by atoms with van der Waals surface area (Å²) in [7, 11) is 0. The van der Waals surface area contributed by atoms with Gasteiger partial charge in [-0.05, 0) is 25.7 Å². The van der Waals surface area contributed by atoms with Crippen molar-refractivity contribution in [2.75, 3.05) is 39.3 Å². The molecule has 4 heteroatoms. The van der Waals surface area contributed by atoms with Gasteiger partial charge in [0.1, 0.15) is 13.1 Å². The third kappa shape index (κ3) is 34.0. The molecule has 0 amide bonds. The maximum absolute atomic E-state index is 10.2. The van der Waals surface area contributed by atoms with Crippen LogP contribution in [0.1, 0.15) is 188 Å². The minimum absolute atomic E-state index is 0. The summed E-state index contributed by atoms with van der Waals surface area (Å²) in [5.41, 5.74) is 3.92. The molecule has 0 saturated heterocycles. The first-order valence-electron chi connectivity index (χ1n) is 18.4. The molecular weight excluding hydrogens is 490 g/mol. The smallest absolute Gasteiger partial charge is 0.151 e. The summed E-state index contributed by atoms with van der Waals surface area (Å²) in [6, 6.07) is 0. The molecule has 0 radical (unpaired) electrons. The molecule has 0 aromatic rings. The van der Waals surface area contributed by atoms with E-state index in [4.69, 9.17) is 0 Å². The van der Waals surface area contributed by atoms with Crippen LogP contribution in [0.25, 0.3) is 0 Å². The number of nitrogens with one attached hydrogen (secondary N) is 1. The van der Waals surface area contributed by atoms with Crippen molar-refractivity contribution >= 4 is 0 Å². The molecule has 0 aliphatic rings. The lowest BCUT2D eigenvalue weighted by molar-refractivity contribution is -0.904. The first-order chi connectivity index (χ1) is 19.2. The number of quaternary nitrogens is 3. The van der Waals surface area contributed by atoms with Crippen LogP contribution in [0.5, 0.6) is 0 Å². The Morgan fingerprint density at radius 3 is 1.18 bits per heavy atom. The Morgan fingerprint density at radius 1 is 0.500 bits per heavy atom. The van der Waals surface area contributed by atoms with Crippen molar-refractivity contribution in [1.82, 2.24) is 0 Å². The van der Waals surface area contributed by atoms with E-state index in [0.717, 1.165) is 6.54 Å². The van der Waals surface area contributed by atoms with Gasteiger partial charge >= 0.3 is 0 Å². The molecule has 0 aliphatic carbocycles. The molecule has 0 aromatic carbocycles. The van der Waals surface area contributed by atoms with Crippen LogP contribution in [0.15, 0.2) is 0 Å². The Kier molecular flexibility index (Phi) is 38.7. The van der Waals surface area contributed by atoms with E-state index in [1.54, 1.807) is 4.90 Å². The predicted octanol–water partition coefficient (Wildman–Crippen LogP) is 6.86. The summed E-state index contributed by atoms with van der Waals surface area (Å²) in [6.45, 7) is 11.2. The lowest BCUT2D eigenvalue weighted by Crippen LogP contribution is -3.13. The Balaban J connectivity index is 0. The third-order valence-corrected chi connectivity index (χ3v) is 8.69. The van der Waals surface area contributed by atoms with Gasteiger partial charge in [0.2, 0.25) is 0 Å². The molecule has 0 aromatic heterocycles. The standard InChI is InChI=1S/C35H75N3O.CH4/c1-3-5-7-9-11-13-15-17-19-21-23-25-29-37-30-26-28-32-38(34-35(39)33-36)31-27-24-22-20-18-16-14-12-10-8-6-4-2;/h35,37,39H,3-34,36H2,1-2H3;1H4/p+3. The molecule has 2 unspecified atom stereocenters. The van der Waals surface area contributed by atoms with Gasteiger partial charge in [-0.3, -0.25) is 0 Å². The largest absolute Gasteiger partial charge is 0.382 e. The normalized spacial score (nSPS) is 12.9. The highest BCUT2D eigenvalue weighted by Gasteiger charge is 2.14. The first-order valence-corrected chi connectivity index (χ1v) is 18.4. The second-order valence-electron chi connectivity index (χ2n) is 12.7. The van der Waals surface area contributed by atoms with Crippen LogP contribution in [-0.2, 0) is 0 Å². The number of nitrogens with two attached hydrogens (primary N) is 1. The number of aliphatic hydroxyl groups excluding tert-OH is 1. The maximum atomic E-state index is 10.2. The van der Waals surface area contributed by atoms with Gasteiger partial charge in [0.15, 0.2) is 6.10 Å². The highest BCUT2D eigenvalue weighted by atomic mass is 16.3. The van der Waals surface area contributed by atoms with Gasteiger partial charge in [-0.2, -0.15) is 0 Å². The monoisotopic (exact) mass is 573 g/mol. The molecule has 40 heavy (non-hydrogen) atoms. The summed E-state index contributed by atoms with van der Waals surface area (Å²) >= 11 is 0. The molecule has 0 bridgehead atoms. The zero-order valence-electron chi connectivity index (χ0n) is 27.4. The molecule has 0 spiro atoms. The van der Waals surface area contributed by atoms with E-state index in [-0.39, 0.29) is 13.5 Å². The van der Waals surface area contributed by atoms with Crippen molar-refractivity contribution in [3.05, 3.63) is 0 Å². The van der Waals surface area contributed by atoms with Crippen LogP contribution < -0.4 is 16.0 Å². The molecule has 244 valence electrons. The summed E-state index contributed by atoms with van der Waals surface area (Å²) in [4.78, 5) is 1.61. The van der Waals surface area contributed by atoms with E-state index in [9.17, 15) is 5.11 Å². The fourth-order valence-corrected chi connectivity index (χ4v) is 5.92. The van der Waals surface area contributed by atoms with E-state index in [1.165, 1.54) is 193 Å². The van der Waals surface area contributed by atoms with E-state index >= 15 is 0 Å². The average molecular weight is 573 g/mol. The fourth-order valence-electron chi connectivity index (χ4n) is 5.92. The number of rotatable bonds is 34. The lowest BCUT2D eigenvalue weighted by Gasteiger charge is -2.21. The first kappa shape index (κ1) is 42.0. The minimum atomic E-state index is -0.227. The van der Waals surface area contributed by atoms with E-state index in [0.29, 0.717) is 6.54 Å². The van der Waals surface area contributed by atoms with E-state index < -0.39 is 0 Å². The number of hydrogen-bond donors (Lipinski definition) is 4.